The highest BCUT2D eigenvalue weighted by molar-refractivity contribution is 9.10. The molecule has 1 aromatic heterocycles. The number of hydrogen-bond donors (Lipinski definition) is 2. The van der Waals surface area contributed by atoms with E-state index in [0.29, 0.717) is 12.2 Å². The average Bonchev–Trinajstić information content (AvgIpc) is 3.11. The molecule has 8 heteroatoms. The molecule has 132 valence electrons. The number of benzene rings is 1. The number of aromatic nitrogens is 3. The number of carbonyl (C=O) groups excluding carboxylic acids is 1. The molecule has 1 aromatic carbocycles. The van der Waals surface area contributed by atoms with E-state index in [1.54, 1.807) is 11.6 Å². The van der Waals surface area contributed by atoms with Gasteiger partial charge in [0.2, 0.25) is 5.91 Å². The van der Waals surface area contributed by atoms with Crippen LogP contribution >= 0.6 is 15.9 Å². The molecule has 1 amide bonds. The van der Waals surface area contributed by atoms with Gasteiger partial charge in [-0.05, 0) is 24.1 Å². The van der Waals surface area contributed by atoms with E-state index < -0.39 is 12.0 Å². The fourth-order valence-electron chi connectivity index (χ4n) is 3.06. The number of carboxylic acids is 1. The minimum atomic E-state index is -1.08. The van der Waals surface area contributed by atoms with Crippen molar-refractivity contribution in [3.63, 3.8) is 0 Å². The number of nitrogens with zero attached hydrogens (tertiary/aromatic N) is 3. The molecule has 25 heavy (non-hydrogen) atoms. The third-order valence-corrected chi connectivity index (χ3v) is 5.34. The van der Waals surface area contributed by atoms with E-state index in [9.17, 15) is 14.7 Å². The van der Waals surface area contributed by atoms with Gasteiger partial charge in [0.15, 0.2) is 0 Å². The van der Waals surface area contributed by atoms with Crippen LogP contribution in [-0.4, -0.2) is 37.8 Å². The van der Waals surface area contributed by atoms with Crippen molar-refractivity contribution in [3.05, 3.63) is 46.5 Å². The number of aliphatic carboxylic acids is 1. The van der Waals surface area contributed by atoms with E-state index >= 15 is 0 Å². The van der Waals surface area contributed by atoms with E-state index in [-0.39, 0.29) is 23.7 Å². The zero-order chi connectivity index (χ0) is 18.2. The molecule has 0 aliphatic heterocycles. The third-order valence-electron chi connectivity index (χ3n) is 4.84. The summed E-state index contributed by atoms with van der Waals surface area (Å²) in [5.41, 5.74) is 0.809. The van der Waals surface area contributed by atoms with Crippen LogP contribution in [0.2, 0.25) is 0 Å². The minimum absolute atomic E-state index is 0.0951. The first-order chi connectivity index (χ1) is 11.8. The van der Waals surface area contributed by atoms with Crippen molar-refractivity contribution in [2.75, 3.05) is 0 Å². The average molecular weight is 407 g/mol. The first-order valence-corrected chi connectivity index (χ1v) is 8.72. The first-order valence-electron chi connectivity index (χ1n) is 7.93. The molecule has 0 radical (unpaired) electrons. The Hall–Kier alpha value is -2.22. The number of hydrogen-bond acceptors (Lipinski definition) is 4. The number of aryl methyl sites for hydroxylation is 1. The van der Waals surface area contributed by atoms with Crippen molar-refractivity contribution in [2.45, 2.75) is 31.2 Å². The van der Waals surface area contributed by atoms with Crippen molar-refractivity contribution in [1.82, 2.24) is 20.1 Å². The molecule has 1 aliphatic carbocycles. The summed E-state index contributed by atoms with van der Waals surface area (Å²) in [6, 6.07) is 6.84. The van der Waals surface area contributed by atoms with Crippen LogP contribution in [0.25, 0.3) is 0 Å². The van der Waals surface area contributed by atoms with Crippen LogP contribution in [0.3, 0.4) is 0 Å². The lowest BCUT2D eigenvalue weighted by Gasteiger charge is -2.16. The SMILES string of the molecule is Cn1cnnc1CC(NC(=O)C1CC1(C)c1cccc(Br)c1)C(=O)O. The second kappa shape index (κ2) is 6.59. The number of carbonyl (C=O) groups is 2. The Kier molecular flexibility index (Phi) is 4.64. The van der Waals surface area contributed by atoms with E-state index in [1.165, 1.54) is 6.33 Å². The molecule has 2 aromatic rings. The van der Waals surface area contributed by atoms with Crippen LogP contribution in [0.15, 0.2) is 35.1 Å². The molecule has 3 atom stereocenters. The van der Waals surface area contributed by atoms with Crippen molar-refractivity contribution in [2.24, 2.45) is 13.0 Å². The maximum absolute atomic E-state index is 12.6. The number of nitrogens with one attached hydrogen (secondary N) is 1. The second-order valence-electron chi connectivity index (χ2n) is 6.65. The quantitative estimate of drug-likeness (QED) is 0.760. The predicted molar refractivity (Wildman–Crippen MR) is 93.9 cm³/mol. The second-order valence-corrected chi connectivity index (χ2v) is 7.56. The van der Waals surface area contributed by atoms with E-state index in [1.807, 2.05) is 31.2 Å². The van der Waals surface area contributed by atoms with E-state index in [2.05, 4.69) is 31.4 Å². The molecule has 2 N–H and O–H groups in total. The summed E-state index contributed by atoms with van der Waals surface area (Å²) in [5, 5.41) is 19.7. The van der Waals surface area contributed by atoms with Gasteiger partial charge >= 0.3 is 5.97 Å². The lowest BCUT2D eigenvalue weighted by Crippen LogP contribution is -2.44. The van der Waals surface area contributed by atoms with E-state index in [4.69, 9.17) is 0 Å². The number of carboxylic acid groups (broad SMARTS) is 1. The molecule has 3 rings (SSSR count). The zero-order valence-corrected chi connectivity index (χ0v) is 15.5. The van der Waals surface area contributed by atoms with Gasteiger partial charge in [0, 0.05) is 29.3 Å². The number of amides is 1. The van der Waals surface area contributed by atoms with Crippen LogP contribution in [0, 0.1) is 5.92 Å². The highest BCUT2D eigenvalue weighted by atomic mass is 79.9. The molecule has 0 bridgehead atoms. The molecule has 1 saturated carbocycles. The molecule has 3 unspecified atom stereocenters. The molecular formula is C17H19BrN4O3. The lowest BCUT2D eigenvalue weighted by molar-refractivity contribution is -0.142. The first kappa shape index (κ1) is 17.6. The summed E-state index contributed by atoms with van der Waals surface area (Å²) in [7, 11) is 1.74. The van der Waals surface area contributed by atoms with Crippen LogP contribution in [-0.2, 0) is 28.5 Å². The number of halogens is 1. The van der Waals surface area contributed by atoms with Crippen molar-refractivity contribution >= 4 is 27.8 Å². The molecule has 1 heterocycles. The summed E-state index contributed by atoms with van der Waals surface area (Å²) in [6.45, 7) is 2.03. The van der Waals surface area contributed by atoms with Crippen molar-refractivity contribution in [1.29, 1.82) is 0 Å². The zero-order valence-electron chi connectivity index (χ0n) is 13.9. The molecular weight excluding hydrogens is 388 g/mol. The fraction of sp³-hybridized carbons (Fsp3) is 0.412. The Morgan fingerprint density at radius 3 is 2.88 bits per heavy atom. The third kappa shape index (κ3) is 3.58. The predicted octanol–water partition coefficient (Wildman–Crippen LogP) is 1.67. The summed E-state index contributed by atoms with van der Waals surface area (Å²) in [6.07, 6.45) is 2.30. The Labute approximate surface area is 153 Å². The summed E-state index contributed by atoms with van der Waals surface area (Å²) < 4.78 is 2.60. The van der Waals surface area contributed by atoms with Crippen LogP contribution < -0.4 is 5.32 Å². The van der Waals surface area contributed by atoms with Gasteiger partial charge in [-0.15, -0.1) is 10.2 Å². The van der Waals surface area contributed by atoms with E-state index in [0.717, 1.165) is 10.0 Å². The maximum atomic E-state index is 12.6. The molecule has 0 spiro atoms. The van der Waals surface area contributed by atoms with Crippen LogP contribution in [0.4, 0.5) is 0 Å². The van der Waals surface area contributed by atoms with Crippen molar-refractivity contribution < 1.29 is 14.7 Å². The largest absolute Gasteiger partial charge is 0.480 e. The van der Waals surface area contributed by atoms with Crippen molar-refractivity contribution in [3.8, 4) is 0 Å². The highest BCUT2D eigenvalue weighted by Gasteiger charge is 2.55. The van der Waals surface area contributed by atoms with Gasteiger partial charge in [0.05, 0.1) is 0 Å². The van der Waals surface area contributed by atoms with Gasteiger partial charge in [-0.2, -0.15) is 0 Å². The smallest absolute Gasteiger partial charge is 0.326 e. The van der Waals surface area contributed by atoms with Gasteiger partial charge in [-0.25, -0.2) is 4.79 Å². The highest BCUT2D eigenvalue weighted by Crippen LogP contribution is 2.54. The standard InChI is InChI=1S/C17H19BrN4O3/c1-17(10-4-3-5-11(18)6-10)8-12(17)15(23)20-13(16(24)25)7-14-21-19-9-22(14)2/h3-6,9,12-13H,7-8H2,1-2H3,(H,20,23)(H,24,25). The Morgan fingerprint density at radius 2 is 2.28 bits per heavy atom. The lowest BCUT2D eigenvalue weighted by atomic mass is 9.95. The normalized spacial score (nSPS) is 23.1. The molecule has 1 aliphatic rings. The van der Waals surface area contributed by atoms with Crippen LogP contribution in [0.5, 0.6) is 0 Å². The summed E-state index contributed by atoms with van der Waals surface area (Å²) >= 11 is 3.45. The Morgan fingerprint density at radius 1 is 1.52 bits per heavy atom. The van der Waals surface area contributed by atoms with Gasteiger partial charge in [-0.1, -0.05) is 35.0 Å². The van der Waals surface area contributed by atoms with Gasteiger partial charge in [-0.3, -0.25) is 4.79 Å². The number of rotatable bonds is 6. The molecule has 7 nitrogen and oxygen atoms in total. The van der Waals surface area contributed by atoms with Crippen LogP contribution in [0.1, 0.15) is 24.7 Å². The monoisotopic (exact) mass is 406 g/mol. The molecule has 0 saturated heterocycles. The van der Waals surface area contributed by atoms with Gasteiger partial charge in [0.25, 0.3) is 0 Å². The fourth-order valence-corrected chi connectivity index (χ4v) is 3.46. The summed E-state index contributed by atoms with van der Waals surface area (Å²) in [5.74, 6) is -1.04. The maximum Gasteiger partial charge on any atom is 0.326 e. The minimum Gasteiger partial charge on any atom is -0.480 e. The van der Waals surface area contributed by atoms with Gasteiger partial charge < -0.3 is 15.0 Å². The Bertz CT molecular complexity index is 822. The molecule has 1 fully saturated rings. The van der Waals surface area contributed by atoms with Gasteiger partial charge in [0.1, 0.15) is 18.2 Å². The topological polar surface area (TPSA) is 97.1 Å². The summed E-state index contributed by atoms with van der Waals surface area (Å²) in [4.78, 5) is 24.1. The Balaban J connectivity index is 1.69.